The Labute approximate surface area is 114 Å². The van der Waals surface area contributed by atoms with Crippen LogP contribution in [0.2, 0.25) is 0 Å². The van der Waals surface area contributed by atoms with Crippen LogP contribution in [0.25, 0.3) is 10.9 Å². The number of hydrogen-bond acceptors (Lipinski definition) is 1. The lowest BCUT2D eigenvalue weighted by atomic mass is 10.0. The Balaban J connectivity index is 2.16. The smallest absolute Gasteiger partial charge is 0.123 e. The van der Waals surface area contributed by atoms with Crippen molar-refractivity contribution in [2.45, 2.75) is 25.3 Å². The molecule has 0 spiro atoms. The van der Waals surface area contributed by atoms with Crippen molar-refractivity contribution in [2.24, 2.45) is 7.05 Å². The molecule has 0 radical (unpaired) electrons. The molecule has 18 heavy (non-hydrogen) atoms. The second kappa shape index (κ2) is 4.67. The van der Waals surface area contributed by atoms with Gasteiger partial charge in [-0.05, 0) is 53.5 Å². The maximum Gasteiger partial charge on any atom is 0.123 e. The fourth-order valence-corrected chi connectivity index (χ4v) is 3.72. The molecule has 1 unspecified atom stereocenters. The largest absolute Gasteiger partial charge is 0.345 e. The molecule has 3 rings (SSSR count). The van der Waals surface area contributed by atoms with Gasteiger partial charge in [0.25, 0.3) is 0 Å². The first kappa shape index (κ1) is 12.2. The molecule has 1 saturated heterocycles. The molecule has 1 aromatic carbocycles. The summed E-state index contributed by atoms with van der Waals surface area (Å²) < 4.78 is 16.5. The van der Waals surface area contributed by atoms with Gasteiger partial charge in [0.15, 0.2) is 0 Å². The highest BCUT2D eigenvalue weighted by Crippen LogP contribution is 2.36. The lowest BCUT2D eigenvalue weighted by molar-refractivity contribution is 0.398. The summed E-state index contributed by atoms with van der Waals surface area (Å²) >= 11 is 3.64. The minimum Gasteiger partial charge on any atom is -0.345 e. The normalized spacial score (nSPS) is 20.5. The number of fused-ring (bicyclic) bond motifs is 1. The van der Waals surface area contributed by atoms with Crippen LogP contribution < -0.4 is 5.32 Å². The predicted molar refractivity (Wildman–Crippen MR) is 75.2 cm³/mol. The average Bonchev–Trinajstić information content (AvgIpc) is 2.63. The first-order valence-corrected chi connectivity index (χ1v) is 7.14. The number of halogens is 2. The second-order valence-electron chi connectivity index (χ2n) is 4.92. The van der Waals surface area contributed by atoms with E-state index in [4.69, 9.17) is 0 Å². The van der Waals surface area contributed by atoms with Crippen LogP contribution in [-0.2, 0) is 7.05 Å². The van der Waals surface area contributed by atoms with Gasteiger partial charge in [-0.15, -0.1) is 0 Å². The Morgan fingerprint density at radius 1 is 1.39 bits per heavy atom. The molecule has 4 heteroatoms. The standard InChI is InChI=1S/C14H16BrFN2/c1-18-12-6-5-9(16)8-10(12)13(15)14(18)11-4-2-3-7-17-11/h5-6,8,11,17H,2-4,7H2,1H3. The van der Waals surface area contributed by atoms with Crippen LogP contribution in [0, 0.1) is 5.82 Å². The number of aryl methyl sites for hydroxylation is 1. The zero-order chi connectivity index (χ0) is 12.7. The Morgan fingerprint density at radius 2 is 2.22 bits per heavy atom. The van der Waals surface area contributed by atoms with Crippen LogP contribution in [0.5, 0.6) is 0 Å². The molecule has 0 bridgehead atoms. The zero-order valence-electron chi connectivity index (χ0n) is 10.3. The minimum atomic E-state index is -0.183. The van der Waals surface area contributed by atoms with Gasteiger partial charge in [0, 0.05) is 34.2 Å². The van der Waals surface area contributed by atoms with E-state index >= 15 is 0 Å². The molecule has 1 atom stereocenters. The molecule has 0 saturated carbocycles. The van der Waals surface area contributed by atoms with Gasteiger partial charge in [-0.25, -0.2) is 4.39 Å². The van der Waals surface area contributed by atoms with Crippen molar-refractivity contribution < 1.29 is 4.39 Å². The van der Waals surface area contributed by atoms with E-state index in [1.54, 1.807) is 6.07 Å². The summed E-state index contributed by atoms with van der Waals surface area (Å²) in [4.78, 5) is 0. The van der Waals surface area contributed by atoms with Gasteiger partial charge in [0.05, 0.1) is 0 Å². The highest BCUT2D eigenvalue weighted by Gasteiger charge is 2.23. The Hall–Kier alpha value is -0.870. The molecule has 1 fully saturated rings. The van der Waals surface area contributed by atoms with Crippen LogP contribution in [0.3, 0.4) is 0 Å². The highest BCUT2D eigenvalue weighted by atomic mass is 79.9. The first-order chi connectivity index (χ1) is 8.68. The van der Waals surface area contributed by atoms with Crippen molar-refractivity contribution in [1.82, 2.24) is 9.88 Å². The zero-order valence-corrected chi connectivity index (χ0v) is 11.9. The van der Waals surface area contributed by atoms with Crippen molar-refractivity contribution in [3.63, 3.8) is 0 Å². The van der Waals surface area contributed by atoms with Crippen molar-refractivity contribution in [3.8, 4) is 0 Å². The summed E-state index contributed by atoms with van der Waals surface area (Å²) in [7, 11) is 2.05. The van der Waals surface area contributed by atoms with E-state index in [0.717, 1.165) is 28.3 Å². The Kier molecular flexibility index (Phi) is 3.16. The van der Waals surface area contributed by atoms with E-state index in [1.807, 2.05) is 6.07 Å². The van der Waals surface area contributed by atoms with Crippen LogP contribution in [0.15, 0.2) is 22.7 Å². The predicted octanol–water partition coefficient (Wildman–Crippen LogP) is 3.89. The van der Waals surface area contributed by atoms with E-state index in [9.17, 15) is 4.39 Å². The number of aromatic nitrogens is 1. The monoisotopic (exact) mass is 310 g/mol. The van der Waals surface area contributed by atoms with Crippen LogP contribution >= 0.6 is 15.9 Å². The molecule has 1 aliphatic heterocycles. The average molecular weight is 311 g/mol. The van der Waals surface area contributed by atoms with E-state index in [-0.39, 0.29) is 5.82 Å². The summed E-state index contributed by atoms with van der Waals surface area (Å²) in [6.45, 7) is 1.06. The molecule has 1 N–H and O–H groups in total. The Bertz CT molecular complexity index is 585. The fourth-order valence-electron chi connectivity index (χ4n) is 2.86. The number of nitrogens with one attached hydrogen (secondary N) is 1. The van der Waals surface area contributed by atoms with Gasteiger partial charge >= 0.3 is 0 Å². The summed E-state index contributed by atoms with van der Waals surface area (Å²) in [5.74, 6) is -0.183. The molecule has 2 aromatic rings. The van der Waals surface area contributed by atoms with Gasteiger partial charge in [0.1, 0.15) is 5.82 Å². The highest BCUT2D eigenvalue weighted by molar-refractivity contribution is 9.10. The van der Waals surface area contributed by atoms with Gasteiger partial charge in [-0.3, -0.25) is 0 Å². The molecular formula is C14H16BrFN2. The van der Waals surface area contributed by atoms with E-state index in [2.05, 4.69) is 32.9 Å². The number of nitrogens with zero attached hydrogens (tertiary/aromatic N) is 1. The molecule has 1 aromatic heterocycles. The molecule has 2 heterocycles. The fraction of sp³-hybridized carbons (Fsp3) is 0.429. The third-order valence-corrected chi connectivity index (χ3v) is 4.62. The second-order valence-corrected chi connectivity index (χ2v) is 5.72. The lowest BCUT2D eigenvalue weighted by Gasteiger charge is -2.24. The van der Waals surface area contributed by atoms with E-state index in [1.165, 1.54) is 24.6 Å². The maximum atomic E-state index is 13.4. The van der Waals surface area contributed by atoms with Crippen molar-refractivity contribution in [3.05, 3.63) is 34.2 Å². The lowest BCUT2D eigenvalue weighted by Crippen LogP contribution is -2.28. The number of benzene rings is 1. The number of hydrogen-bond donors (Lipinski definition) is 1. The van der Waals surface area contributed by atoms with Gasteiger partial charge < -0.3 is 9.88 Å². The third kappa shape index (κ3) is 1.88. The summed E-state index contributed by atoms with van der Waals surface area (Å²) in [5, 5.41) is 4.51. The van der Waals surface area contributed by atoms with E-state index < -0.39 is 0 Å². The number of piperidine rings is 1. The summed E-state index contributed by atoms with van der Waals surface area (Å²) in [6.07, 6.45) is 3.64. The Morgan fingerprint density at radius 3 is 2.94 bits per heavy atom. The van der Waals surface area contributed by atoms with Crippen molar-refractivity contribution in [1.29, 1.82) is 0 Å². The molecule has 2 nitrogen and oxygen atoms in total. The summed E-state index contributed by atoms with van der Waals surface area (Å²) in [6, 6.07) is 5.34. The van der Waals surface area contributed by atoms with Gasteiger partial charge in [-0.1, -0.05) is 6.42 Å². The molecule has 0 amide bonds. The molecular weight excluding hydrogens is 295 g/mol. The van der Waals surface area contributed by atoms with E-state index in [0.29, 0.717) is 6.04 Å². The van der Waals surface area contributed by atoms with Gasteiger partial charge in [-0.2, -0.15) is 0 Å². The molecule has 1 aliphatic rings. The van der Waals surface area contributed by atoms with Crippen LogP contribution in [0.4, 0.5) is 4.39 Å². The van der Waals surface area contributed by atoms with Crippen LogP contribution in [-0.4, -0.2) is 11.1 Å². The van der Waals surface area contributed by atoms with Crippen LogP contribution in [0.1, 0.15) is 31.0 Å². The third-order valence-electron chi connectivity index (χ3n) is 3.78. The topological polar surface area (TPSA) is 17.0 Å². The summed E-state index contributed by atoms with van der Waals surface area (Å²) in [5.41, 5.74) is 2.31. The van der Waals surface area contributed by atoms with Crippen molar-refractivity contribution >= 4 is 26.8 Å². The SMILES string of the molecule is Cn1c(C2CCCCN2)c(Br)c2cc(F)ccc21. The quantitative estimate of drug-likeness (QED) is 0.845. The van der Waals surface area contributed by atoms with Crippen molar-refractivity contribution in [2.75, 3.05) is 6.54 Å². The maximum absolute atomic E-state index is 13.4. The number of rotatable bonds is 1. The molecule has 96 valence electrons. The first-order valence-electron chi connectivity index (χ1n) is 6.35. The molecule has 0 aliphatic carbocycles. The van der Waals surface area contributed by atoms with Gasteiger partial charge in [0.2, 0.25) is 0 Å². The minimum absolute atomic E-state index is 0.183.